The second kappa shape index (κ2) is 5.75. The predicted octanol–water partition coefficient (Wildman–Crippen LogP) is 3.11. The largest absolute Gasteiger partial charge is 0.367 e. The summed E-state index contributed by atoms with van der Waals surface area (Å²) in [6.07, 6.45) is 11.0. The van der Waals surface area contributed by atoms with E-state index in [1.165, 1.54) is 18.4 Å². The molecule has 2 aromatic rings. The lowest BCUT2D eigenvalue weighted by Gasteiger charge is -2.37. The molecule has 4 aliphatic rings. The van der Waals surface area contributed by atoms with Crippen LogP contribution in [0.1, 0.15) is 55.8 Å². The number of amides is 1. The minimum atomic E-state index is 0.152. The van der Waals surface area contributed by atoms with Gasteiger partial charge in [0, 0.05) is 47.9 Å². The topological polar surface area (TPSA) is 71.0 Å². The van der Waals surface area contributed by atoms with E-state index in [-0.39, 0.29) is 12.0 Å². The maximum atomic E-state index is 12.9. The summed E-state index contributed by atoms with van der Waals surface area (Å²) in [6.45, 7) is 0. The number of hydrogen-bond donors (Lipinski definition) is 1. The van der Waals surface area contributed by atoms with Gasteiger partial charge in [0.15, 0.2) is 5.82 Å². The van der Waals surface area contributed by atoms with Gasteiger partial charge in [-0.1, -0.05) is 0 Å². The normalized spacial score (nSPS) is 26.0. The quantitative estimate of drug-likeness (QED) is 0.906. The van der Waals surface area contributed by atoms with Crippen LogP contribution in [0, 0.1) is 5.92 Å². The third-order valence-corrected chi connectivity index (χ3v) is 6.33. The highest BCUT2D eigenvalue weighted by Crippen LogP contribution is 2.49. The van der Waals surface area contributed by atoms with Crippen molar-refractivity contribution in [1.29, 1.82) is 0 Å². The van der Waals surface area contributed by atoms with Crippen molar-refractivity contribution < 1.29 is 4.79 Å². The van der Waals surface area contributed by atoms with Gasteiger partial charge < -0.3 is 10.2 Å². The van der Waals surface area contributed by atoms with Gasteiger partial charge in [0.1, 0.15) is 5.82 Å². The number of pyridine rings is 1. The van der Waals surface area contributed by atoms with E-state index in [4.69, 9.17) is 9.97 Å². The number of aromatic nitrogens is 3. The van der Waals surface area contributed by atoms with Gasteiger partial charge in [0.25, 0.3) is 0 Å². The third-order valence-electron chi connectivity index (χ3n) is 6.33. The first-order chi connectivity index (χ1) is 13.3. The average molecular weight is 361 g/mol. The van der Waals surface area contributed by atoms with E-state index in [0.29, 0.717) is 18.0 Å². The Hall–Kier alpha value is -2.50. The third kappa shape index (κ3) is 2.61. The fourth-order valence-corrected chi connectivity index (χ4v) is 4.65. The second-order valence-corrected chi connectivity index (χ2v) is 8.38. The first kappa shape index (κ1) is 15.5. The molecule has 27 heavy (non-hydrogen) atoms. The van der Waals surface area contributed by atoms with Crippen molar-refractivity contribution in [2.24, 2.45) is 5.92 Å². The van der Waals surface area contributed by atoms with E-state index in [1.807, 2.05) is 12.1 Å². The summed E-state index contributed by atoms with van der Waals surface area (Å²) in [7, 11) is 0. The van der Waals surface area contributed by atoms with Crippen molar-refractivity contribution in [2.45, 2.75) is 63.1 Å². The minimum absolute atomic E-state index is 0.152. The van der Waals surface area contributed by atoms with Gasteiger partial charge in [-0.15, -0.1) is 0 Å². The van der Waals surface area contributed by atoms with Gasteiger partial charge in [-0.25, -0.2) is 9.97 Å². The van der Waals surface area contributed by atoms with Crippen LogP contribution in [-0.4, -0.2) is 37.8 Å². The van der Waals surface area contributed by atoms with Crippen LogP contribution in [0.15, 0.2) is 24.5 Å². The Kier molecular flexibility index (Phi) is 3.31. The molecule has 6 heteroatoms. The van der Waals surface area contributed by atoms with Crippen LogP contribution in [0.2, 0.25) is 0 Å². The molecule has 1 amide bonds. The lowest BCUT2D eigenvalue weighted by molar-refractivity contribution is -0.136. The Morgan fingerprint density at radius 2 is 1.85 bits per heavy atom. The smallest absolute Gasteiger partial charge is 0.226 e. The highest BCUT2D eigenvalue weighted by molar-refractivity contribution is 5.83. The SMILES string of the molecule is O=C(C1CC1)N1[C@H]2CC[C@H]1c1c(nc(-c3ccncc3)nc1NC1CC1)C2. The maximum Gasteiger partial charge on any atom is 0.226 e. The predicted molar refractivity (Wildman–Crippen MR) is 101 cm³/mol. The van der Waals surface area contributed by atoms with Crippen LogP contribution in [0.5, 0.6) is 0 Å². The molecule has 2 aliphatic heterocycles. The molecule has 2 aromatic heterocycles. The lowest BCUT2D eigenvalue weighted by Crippen LogP contribution is -2.43. The molecule has 1 N–H and O–H groups in total. The van der Waals surface area contributed by atoms with Crippen molar-refractivity contribution in [1.82, 2.24) is 19.9 Å². The minimum Gasteiger partial charge on any atom is -0.367 e. The molecule has 2 aliphatic carbocycles. The molecular formula is C21H23N5O. The van der Waals surface area contributed by atoms with Gasteiger partial charge in [0.2, 0.25) is 5.91 Å². The van der Waals surface area contributed by atoms with Crippen molar-refractivity contribution in [3.05, 3.63) is 35.8 Å². The van der Waals surface area contributed by atoms with E-state index in [0.717, 1.165) is 55.0 Å². The van der Waals surface area contributed by atoms with E-state index in [9.17, 15) is 4.79 Å². The molecule has 0 unspecified atom stereocenters. The molecule has 2 saturated carbocycles. The molecule has 0 aromatic carbocycles. The Morgan fingerprint density at radius 1 is 1.04 bits per heavy atom. The highest BCUT2D eigenvalue weighted by atomic mass is 16.2. The number of carbonyl (C=O) groups excluding carboxylic acids is 1. The van der Waals surface area contributed by atoms with Crippen molar-refractivity contribution in [3.8, 4) is 11.4 Å². The summed E-state index contributed by atoms with van der Waals surface area (Å²) in [4.78, 5) is 29.1. The Labute approximate surface area is 158 Å². The fourth-order valence-electron chi connectivity index (χ4n) is 4.65. The lowest BCUT2D eigenvalue weighted by atomic mass is 9.96. The van der Waals surface area contributed by atoms with Gasteiger partial charge in [0.05, 0.1) is 11.7 Å². The number of nitrogens with one attached hydrogen (secondary N) is 1. The molecule has 4 heterocycles. The molecule has 6 nitrogen and oxygen atoms in total. The number of anilines is 1. The van der Waals surface area contributed by atoms with Crippen LogP contribution < -0.4 is 5.32 Å². The summed E-state index contributed by atoms with van der Waals surface area (Å²) in [5.41, 5.74) is 3.31. The summed E-state index contributed by atoms with van der Waals surface area (Å²) < 4.78 is 0. The molecule has 138 valence electrons. The fraction of sp³-hybridized carbons (Fsp3) is 0.524. The zero-order valence-electron chi connectivity index (χ0n) is 15.3. The average Bonchev–Trinajstić information content (AvgIpc) is 3.60. The molecule has 2 atom stereocenters. The number of nitrogens with zero attached hydrogens (tertiary/aromatic N) is 4. The van der Waals surface area contributed by atoms with Gasteiger partial charge in [-0.05, 0) is 50.7 Å². The van der Waals surface area contributed by atoms with Crippen LogP contribution in [0.3, 0.4) is 0 Å². The van der Waals surface area contributed by atoms with E-state index in [1.54, 1.807) is 12.4 Å². The first-order valence-electron chi connectivity index (χ1n) is 10.2. The van der Waals surface area contributed by atoms with Crippen LogP contribution in [0.4, 0.5) is 5.82 Å². The number of carbonyl (C=O) groups is 1. The maximum absolute atomic E-state index is 12.9. The zero-order chi connectivity index (χ0) is 18.0. The van der Waals surface area contributed by atoms with Gasteiger partial charge in [-0.2, -0.15) is 0 Å². The monoisotopic (exact) mass is 361 g/mol. The van der Waals surface area contributed by atoms with Crippen LogP contribution >= 0.6 is 0 Å². The van der Waals surface area contributed by atoms with Crippen LogP contribution in [-0.2, 0) is 11.2 Å². The number of hydrogen-bond acceptors (Lipinski definition) is 5. The summed E-state index contributed by atoms with van der Waals surface area (Å²) in [6, 6.07) is 4.90. The molecule has 0 spiro atoms. The Balaban J connectivity index is 1.45. The molecule has 3 fully saturated rings. The van der Waals surface area contributed by atoms with Crippen molar-refractivity contribution in [3.63, 3.8) is 0 Å². The second-order valence-electron chi connectivity index (χ2n) is 8.38. The summed E-state index contributed by atoms with van der Waals surface area (Å²) >= 11 is 0. The number of fused-ring (bicyclic) bond motifs is 4. The van der Waals surface area contributed by atoms with E-state index in [2.05, 4.69) is 15.2 Å². The molecule has 1 saturated heterocycles. The van der Waals surface area contributed by atoms with Gasteiger partial charge in [-0.3, -0.25) is 9.78 Å². The van der Waals surface area contributed by atoms with Crippen molar-refractivity contribution >= 4 is 11.7 Å². The Bertz CT molecular complexity index is 906. The molecule has 0 radical (unpaired) electrons. The Morgan fingerprint density at radius 3 is 2.59 bits per heavy atom. The first-order valence-corrected chi connectivity index (χ1v) is 10.2. The van der Waals surface area contributed by atoms with E-state index >= 15 is 0 Å². The molecular weight excluding hydrogens is 338 g/mol. The number of rotatable bonds is 4. The molecule has 2 bridgehead atoms. The van der Waals surface area contributed by atoms with Gasteiger partial charge >= 0.3 is 0 Å². The van der Waals surface area contributed by atoms with Crippen molar-refractivity contribution in [2.75, 3.05) is 5.32 Å². The highest BCUT2D eigenvalue weighted by Gasteiger charge is 2.48. The summed E-state index contributed by atoms with van der Waals surface area (Å²) in [5, 5.41) is 3.64. The molecule has 6 rings (SSSR count). The van der Waals surface area contributed by atoms with Crippen LogP contribution in [0.25, 0.3) is 11.4 Å². The zero-order valence-corrected chi connectivity index (χ0v) is 15.3. The van der Waals surface area contributed by atoms with E-state index < -0.39 is 0 Å². The standard InChI is InChI=1S/C21H23N5O/c27-21(13-1-2-13)26-15-5-6-17(26)18-16(11-15)24-19(12-7-9-22-10-8-12)25-20(18)23-14-3-4-14/h7-10,13-15,17H,1-6,11H2,(H,23,24,25)/t15-,17-/m0/s1. The summed E-state index contributed by atoms with van der Waals surface area (Å²) in [5.74, 6) is 2.35.